The minimum absolute atomic E-state index is 0.179. The molecular weight excluding hydrogens is 337 g/mol. The molecule has 2 aromatic carbocycles. The van der Waals surface area contributed by atoms with Crippen LogP contribution in [0.2, 0.25) is 0 Å². The Morgan fingerprint density at radius 2 is 1.28 bits per heavy atom. The van der Waals surface area contributed by atoms with E-state index in [1.54, 1.807) is 30.3 Å². The van der Waals surface area contributed by atoms with E-state index in [0.29, 0.717) is 5.56 Å². The summed E-state index contributed by atoms with van der Waals surface area (Å²) >= 11 is 0. The molecule has 132 valence electrons. The molecule has 0 aliphatic rings. The molecule has 2 N–H and O–H groups in total. The number of rotatable bonds is 6. The predicted octanol–water partition coefficient (Wildman–Crippen LogP) is 2.75. The highest BCUT2D eigenvalue weighted by Gasteiger charge is 2.31. The topological polar surface area (TPSA) is 67.4 Å². The number of amides is 2. The molecule has 0 unspecified atom stereocenters. The molecule has 0 heterocycles. The summed E-state index contributed by atoms with van der Waals surface area (Å²) in [7, 11) is 0. The van der Waals surface area contributed by atoms with Crippen molar-refractivity contribution >= 4 is 11.8 Å². The summed E-state index contributed by atoms with van der Waals surface area (Å²) in [5.74, 6) is -1.13. The Balaban J connectivity index is 1.76. The Morgan fingerprint density at radius 3 is 1.76 bits per heavy atom. The van der Waals surface area contributed by atoms with Crippen molar-refractivity contribution in [2.45, 2.75) is 6.36 Å². The number of benzene rings is 2. The van der Waals surface area contributed by atoms with Crippen molar-refractivity contribution < 1.29 is 27.5 Å². The quantitative estimate of drug-likeness (QED) is 0.786. The van der Waals surface area contributed by atoms with Gasteiger partial charge in [-0.1, -0.05) is 18.2 Å². The van der Waals surface area contributed by atoms with Crippen molar-refractivity contribution in [3.8, 4) is 5.75 Å². The maximum Gasteiger partial charge on any atom is 0.573 e. The second-order valence-corrected chi connectivity index (χ2v) is 4.95. The fourth-order valence-corrected chi connectivity index (χ4v) is 1.95. The molecule has 0 aromatic heterocycles. The number of carbonyl (C=O) groups is 2. The standard InChI is InChI=1S/C17H15F3N2O3/c18-17(19,20)25-14-8-6-13(7-9-14)16(24)22-11-10-21-15(23)12-4-2-1-3-5-12/h1-9H,10-11H2,(H,21,23)(H,22,24). The smallest absolute Gasteiger partial charge is 0.406 e. The fraction of sp³-hybridized carbons (Fsp3) is 0.176. The third kappa shape index (κ3) is 6.17. The first-order valence-electron chi connectivity index (χ1n) is 7.32. The molecule has 0 bridgehead atoms. The Bertz CT molecular complexity index is 716. The summed E-state index contributed by atoms with van der Waals surface area (Å²) in [6.07, 6.45) is -4.78. The van der Waals surface area contributed by atoms with Crippen LogP contribution in [0.15, 0.2) is 54.6 Å². The number of carbonyl (C=O) groups excluding carboxylic acids is 2. The summed E-state index contributed by atoms with van der Waals surface area (Å²) in [5, 5.41) is 5.20. The fourth-order valence-electron chi connectivity index (χ4n) is 1.95. The zero-order valence-electron chi connectivity index (χ0n) is 13.0. The molecule has 8 heteroatoms. The van der Waals surface area contributed by atoms with Gasteiger partial charge in [0.05, 0.1) is 0 Å². The van der Waals surface area contributed by atoms with Crippen molar-refractivity contribution in [2.75, 3.05) is 13.1 Å². The van der Waals surface area contributed by atoms with E-state index in [2.05, 4.69) is 15.4 Å². The molecule has 0 radical (unpaired) electrons. The van der Waals surface area contributed by atoms with Crippen LogP contribution in [0.5, 0.6) is 5.75 Å². The average molecular weight is 352 g/mol. The number of ether oxygens (including phenoxy) is 1. The van der Waals surface area contributed by atoms with Gasteiger partial charge >= 0.3 is 6.36 Å². The van der Waals surface area contributed by atoms with Gasteiger partial charge < -0.3 is 15.4 Å². The van der Waals surface area contributed by atoms with Gasteiger partial charge in [0, 0.05) is 24.2 Å². The highest BCUT2D eigenvalue weighted by Crippen LogP contribution is 2.22. The molecule has 0 aliphatic carbocycles. The average Bonchev–Trinajstić information content (AvgIpc) is 2.58. The van der Waals surface area contributed by atoms with Gasteiger partial charge in [-0.05, 0) is 36.4 Å². The van der Waals surface area contributed by atoms with Crippen LogP contribution in [0.1, 0.15) is 20.7 Å². The normalized spacial score (nSPS) is 10.8. The molecule has 0 saturated heterocycles. The minimum atomic E-state index is -4.78. The van der Waals surface area contributed by atoms with Gasteiger partial charge in [-0.15, -0.1) is 13.2 Å². The molecule has 25 heavy (non-hydrogen) atoms. The van der Waals surface area contributed by atoms with E-state index in [-0.39, 0.29) is 24.6 Å². The first-order valence-corrected chi connectivity index (χ1v) is 7.32. The van der Waals surface area contributed by atoms with E-state index < -0.39 is 18.0 Å². The number of alkyl halides is 3. The van der Waals surface area contributed by atoms with Gasteiger partial charge in [0.2, 0.25) is 0 Å². The van der Waals surface area contributed by atoms with Gasteiger partial charge in [0.15, 0.2) is 0 Å². The van der Waals surface area contributed by atoms with E-state index in [1.165, 1.54) is 12.1 Å². The Labute approximate surface area is 141 Å². The lowest BCUT2D eigenvalue weighted by Gasteiger charge is -2.10. The summed E-state index contributed by atoms with van der Waals surface area (Å²) in [5.41, 5.74) is 0.693. The van der Waals surface area contributed by atoms with Crippen LogP contribution in [0.3, 0.4) is 0 Å². The highest BCUT2D eigenvalue weighted by atomic mass is 19.4. The Kier molecular flexibility index (Phi) is 5.99. The van der Waals surface area contributed by atoms with Crippen molar-refractivity contribution in [3.05, 3.63) is 65.7 Å². The minimum Gasteiger partial charge on any atom is -0.406 e. The van der Waals surface area contributed by atoms with Gasteiger partial charge in [-0.2, -0.15) is 0 Å². The van der Waals surface area contributed by atoms with E-state index in [1.807, 2.05) is 0 Å². The largest absolute Gasteiger partial charge is 0.573 e. The van der Waals surface area contributed by atoms with Gasteiger partial charge in [-0.25, -0.2) is 0 Å². The van der Waals surface area contributed by atoms with E-state index >= 15 is 0 Å². The van der Waals surface area contributed by atoms with Crippen LogP contribution < -0.4 is 15.4 Å². The zero-order valence-corrected chi connectivity index (χ0v) is 13.0. The van der Waals surface area contributed by atoms with Crippen LogP contribution in [0.4, 0.5) is 13.2 Å². The monoisotopic (exact) mass is 352 g/mol. The van der Waals surface area contributed by atoms with E-state index in [0.717, 1.165) is 12.1 Å². The van der Waals surface area contributed by atoms with Crippen LogP contribution in [0.25, 0.3) is 0 Å². The van der Waals surface area contributed by atoms with Crippen molar-refractivity contribution in [1.29, 1.82) is 0 Å². The number of nitrogens with one attached hydrogen (secondary N) is 2. The number of halogens is 3. The second kappa shape index (κ2) is 8.18. The maximum atomic E-state index is 12.1. The molecule has 5 nitrogen and oxygen atoms in total. The van der Waals surface area contributed by atoms with Gasteiger partial charge in [-0.3, -0.25) is 9.59 Å². The van der Waals surface area contributed by atoms with Crippen molar-refractivity contribution in [2.24, 2.45) is 0 Å². The maximum absolute atomic E-state index is 12.1. The molecule has 0 atom stereocenters. The number of hydrogen-bond donors (Lipinski definition) is 2. The van der Waals surface area contributed by atoms with E-state index in [4.69, 9.17) is 0 Å². The SMILES string of the molecule is O=C(NCCNC(=O)c1ccc(OC(F)(F)F)cc1)c1ccccc1. The number of hydrogen-bond acceptors (Lipinski definition) is 3. The highest BCUT2D eigenvalue weighted by molar-refractivity contribution is 5.95. The lowest BCUT2D eigenvalue weighted by Crippen LogP contribution is -2.34. The molecular formula is C17H15F3N2O3. The van der Waals surface area contributed by atoms with Crippen LogP contribution in [0, 0.1) is 0 Å². The molecule has 2 amide bonds. The van der Waals surface area contributed by atoms with Crippen LogP contribution in [-0.4, -0.2) is 31.3 Å². The second-order valence-electron chi connectivity index (χ2n) is 4.95. The van der Waals surface area contributed by atoms with Crippen molar-refractivity contribution in [1.82, 2.24) is 10.6 Å². The lowest BCUT2D eigenvalue weighted by molar-refractivity contribution is -0.274. The summed E-state index contributed by atoms with van der Waals surface area (Å²) in [4.78, 5) is 23.7. The molecule has 0 saturated carbocycles. The Hall–Kier alpha value is -3.03. The summed E-state index contributed by atoms with van der Waals surface area (Å²) < 4.78 is 39.9. The van der Waals surface area contributed by atoms with Crippen molar-refractivity contribution in [3.63, 3.8) is 0 Å². The first kappa shape index (κ1) is 18.3. The van der Waals surface area contributed by atoms with Crippen LogP contribution >= 0.6 is 0 Å². The third-order valence-electron chi connectivity index (χ3n) is 3.08. The van der Waals surface area contributed by atoms with Crippen LogP contribution in [-0.2, 0) is 0 Å². The lowest BCUT2D eigenvalue weighted by atomic mass is 10.2. The molecule has 0 aliphatic heterocycles. The molecule has 2 rings (SSSR count). The molecule has 2 aromatic rings. The molecule has 0 fully saturated rings. The zero-order chi connectivity index (χ0) is 18.3. The third-order valence-corrected chi connectivity index (χ3v) is 3.08. The van der Waals surface area contributed by atoms with Gasteiger partial charge in [0.25, 0.3) is 11.8 Å². The first-order chi connectivity index (χ1) is 11.8. The Morgan fingerprint density at radius 1 is 0.800 bits per heavy atom. The van der Waals surface area contributed by atoms with E-state index in [9.17, 15) is 22.8 Å². The molecule has 0 spiro atoms. The summed E-state index contributed by atoms with van der Waals surface area (Å²) in [6.45, 7) is 0.396. The summed E-state index contributed by atoms with van der Waals surface area (Å²) in [6, 6.07) is 13.2. The van der Waals surface area contributed by atoms with Gasteiger partial charge in [0.1, 0.15) is 5.75 Å². The predicted molar refractivity (Wildman–Crippen MR) is 84.2 cm³/mol.